The van der Waals surface area contributed by atoms with Crippen molar-refractivity contribution in [3.63, 3.8) is 0 Å². The Hall–Kier alpha value is -2.96. The van der Waals surface area contributed by atoms with Gasteiger partial charge in [0.2, 0.25) is 0 Å². The molecule has 100 valence electrons. The number of benzene rings is 1. The lowest BCUT2D eigenvalue weighted by Gasteiger charge is -1.97. The van der Waals surface area contributed by atoms with Crippen molar-refractivity contribution in [3.05, 3.63) is 48.0 Å². The van der Waals surface area contributed by atoms with Crippen LogP contribution in [0.25, 0.3) is 11.6 Å². The number of nitrogen functional groups attached to an aromatic ring is 1. The van der Waals surface area contributed by atoms with Gasteiger partial charge in [-0.15, -0.1) is 0 Å². The van der Waals surface area contributed by atoms with E-state index in [9.17, 15) is 5.11 Å². The number of aromatic hydroxyl groups is 1. The van der Waals surface area contributed by atoms with Crippen molar-refractivity contribution < 1.29 is 9.63 Å². The first-order chi connectivity index (χ1) is 9.72. The molecule has 0 bridgehead atoms. The molecule has 0 saturated heterocycles. The zero-order valence-electron chi connectivity index (χ0n) is 10.4. The summed E-state index contributed by atoms with van der Waals surface area (Å²) in [7, 11) is 0. The second-order valence-electron chi connectivity index (χ2n) is 4.15. The topological polar surface area (TPSA) is 111 Å². The lowest BCUT2D eigenvalue weighted by atomic mass is 10.1. The SMILES string of the molecule is Nc1nccnc1-c1nc(Cc2ccc(O)cc2)no1. The predicted molar refractivity (Wildman–Crippen MR) is 70.6 cm³/mol. The molecular formula is C13H11N5O2. The second kappa shape index (κ2) is 4.96. The van der Waals surface area contributed by atoms with Crippen LogP contribution < -0.4 is 5.73 Å². The molecule has 0 radical (unpaired) electrons. The molecule has 0 saturated carbocycles. The molecule has 2 aromatic heterocycles. The van der Waals surface area contributed by atoms with Crippen LogP contribution >= 0.6 is 0 Å². The van der Waals surface area contributed by atoms with Gasteiger partial charge in [-0.1, -0.05) is 17.3 Å². The lowest BCUT2D eigenvalue weighted by molar-refractivity contribution is 0.422. The van der Waals surface area contributed by atoms with Gasteiger partial charge in [0.15, 0.2) is 17.3 Å². The fraction of sp³-hybridized carbons (Fsp3) is 0.0769. The third-order valence-electron chi connectivity index (χ3n) is 2.70. The number of nitrogens with two attached hydrogens (primary N) is 1. The van der Waals surface area contributed by atoms with Crippen molar-refractivity contribution in [2.45, 2.75) is 6.42 Å². The molecule has 7 heteroatoms. The number of phenols is 1. The third-order valence-corrected chi connectivity index (χ3v) is 2.70. The minimum atomic E-state index is 0.217. The largest absolute Gasteiger partial charge is 0.508 e. The van der Waals surface area contributed by atoms with Crippen molar-refractivity contribution in [1.29, 1.82) is 0 Å². The Labute approximate surface area is 114 Å². The van der Waals surface area contributed by atoms with E-state index >= 15 is 0 Å². The molecule has 0 aliphatic carbocycles. The first-order valence-electron chi connectivity index (χ1n) is 5.90. The van der Waals surface area contributed by atoms with Gasteiger partial charge in [-0.3, -0.25) is 0 Å². The predicted octanol–water partition coefficient (Wildman–Crippen LogP) is 1.41. The van der Waals surface area contributed by atoms with E-state index in [4.69, 9.17) is 10.3 Å². The van der Waals surface area contributed by atoms with Crippen molar-refractivity contribution in [2.75, 3.05) is 5.73 Å². The van der Waals surface area contributed by atoms with E-state index in [2.05, 4.69) is 20.1 Å². The molecule has 0 spiro atoms. The van der Waals surface area contributed by atoms with Crippen LogP contribution in [0, 0.1) is 0 Å². The van der Waals surface area contributed by atoms with Crippen LogP contribution in [-0.2, 0) is 6.42 Å². The van der Waals surface area contributed by atoms with E-state index in [1.807, 2.05) is 0 Å². The van der Waals surface area contributed by atoms with Crippen LogP contribution in [0.4, 0.5) is 5.82 Å². The Morgan fingerprint density at radius 2 is 1.85 bits per heavy atom. The fourth-order valence-corrected chi connectivity index (χ4v) is 1.73. The van der Waals surface area contributed by atoms with Gasteiger partial charge in [0.1, 0.15) is 5.75 Å². The molecule has 7 nitrogen and oxygen atoms in total. The van der Waals surface area contributed by atoms with Crippen LogP contribution in [0.15, 0.2) is 41.2 Å². The highest BCUT2D eigenvalue weighted by molar-refractivity contribution is 5.61. The number of hydrogen-bond donors (Lipinski definition) is 2. The number of nitrogens with zero attached hydrogens (tertiary/aromatic N) is 4. The number of phenolic OH excluding ortho intramolecular Hbond substituents is 1. The van der Waals surface area contributed by atoms with Gasteiger partial charge < -0.3 is 15.4 Å². The average molecular weight is 269 g/mol. The van der Waals surface area contributed by atoms with Crippen LogP contribution in [0.2, 0.25) is 0 Å². The van der Waals surface area contributed by atoms with Crippen LogP contribution in [-0.4, -0.2) is 25.2 Å². The molecule has 0 fully saturated rings. The average Bonchev–Trinajstić information content (AvgIpc) is 2.90. The molecule has 1 aromatic carbocycles. The Bertz CT molecular complexity index is 724. The number of hydrogen-bond acceptors (Lipinski definition) is 7. The standard InChI is InChI=1S/C13H11N5O2/c14-12-11(15-5-6-16-12)13-17-10(18-20-13)7-8-1-3-9(19)4-2-8/h1-6,19H,7H2,(H2,14,16). The summed E-state index contributed by atoms with van der Waals surface area (Å²) in [5.41, 5.74) is 7.03. The van der Waals surface area contributed by atoms with Crippen molar-refractivity contribution in [3.8, 4) is 17.3 Å². The molecule has 0 aliphatic heterocycles. The molecular weight excluding hydrogens is 258 g/mol. The highest BCUT2D eigenvalue weighted by Crippen LogP contribution is 2.20. The zero-order valence-corrected chi connectivity index (χ0v) is 10.4. The second-order valence-corrected chi connectivity index (χ2v) is 4.15. The third kappa shape index (κ3) is 2.41. The summed E-state index contributed by atoms with van der Waals surface area (Å²) < 4.78 is 5.13. The summed E-state index contributed by atoms with van der Waals surface area (Å²) in [6, 6.07) is 6.80. The first-order valence-corrected chi connectivity index (χ1v) is 5.90. The van der Waals surface area contributed by atoms with E-state index in [0.29, 0.717) is 17.9 Å². The zero-order chi connectivity index (χ0) is 13.9. The van der Waals surface area contributed by atoms with Crippen molar-refractivity contribution >= 4 is 5.82 Å². The number of aromatic nitrogens is 4. The van der Waals surface area contributed by atoms with E-state index in [-0.39, 0.29) is 17.5 Å². The molecule has 0 atom stereocenters. The smallest absolute Gasteiger partial charge is 0.280 e. The molecule has 0 amide bonds. The minimum absolute atomic E-state index is 0.217. The number of rotatable bonds is 3. The Morgan fingerprint density at radius 1 is 1.10 bits per heavy atom. The highest BCUT2D eigenvalue weighted by Gasteiger charge is 2.13. The number of anilines is 1. The quantitative estimate of drug-likeness (QED) is 0.739. The van der Waals surface area contributed by atoms with E-state index < -0.39 is 0 Å². The highest BCUT2D eigenvalue weighted by atomic mass is 16.5. The van der Waals surface area contributed by atoms with Crippen molar-refractivity contribution in [2.24, 2.45) is 0 Å². The van der Waals surface area contributed by atoms with E-state index in [0.717, 1.165) is 5.56 Å². The van der Waals surface area contributed by atoms with Crippen LogP contribution in [0.3, 0.4) is 0 Å². The van der Waals surface area contributed by atoms with Gasteiger partial charge in [0.05, 0.1) is 0 Å². The summed E-state index contributed by atoms with van der Waals surface area (Å²) in [5, 5.41) is 13.1. The molecule has 0 aliphatic rings. The summed E-state index contributed by atoms with van der Waals surface area (Å²) in [4.78, 5) is 12.2. The molecule has 20 heavy (non-hydrogen) atoms. The summed E-state index contributed by atoms with van der Waals surface area (Å²) in [6.07, 6.45) is 3.49. The Morgan fingerprint density at radius 3 is 2.60 bits per heavy atom. The maximum absolute atomic E-state index is 9.23. The Kier molecular flexibility index (Phi) is 3.00. The van der Waals surface area contributed by atoms with Gasteiger partial charge in [-0.2, -0.15) is 4.98 Å². The lowest BCUT2D eigenvalue weighted by Crippen LogP contribution is -1.96. The van der Waals surface area contributed by atoms with Crippen LogP contribution in [0.5, 0.6) is 5.75 Å². The summed E-state index contributed by atoms with van der Waals surface area (Å²) in [6.45, 7) is 0. The fourth-order valence-electron chi connectivity index (χ4n) is 1.73. The summed E-state index contributed by atoms with van der Waals surface area (Å²) >= 11 is 0. The molecule has 2 heterocycles. The maximum Gasteiger partial charge on any atom is 0.280 e. The van der Waals surface area contributed by atoms with Gasteiger partial charge in [-0.25, -0.2) is 9.97 Å². The first kappa shape index (κ1) is 12.1. The van der Waals surface area contributed by atoms with Gasteiger partial charge in [0, 0.05) is 18.8 Å². The van der Waals surface area contributed by atoms with Gasteiger partial charge in [-0.05, 0) is 17.7 Å². The monoisotopic (exact) mass is 269 g/mol. The molecule has 3 rings (SSSR count). The van der Waals surface area contributed by atoms with Crippen LogP contribution in [0.1, 0.15) is 11.4 Å². The molecule has 3 N–H and O–H groups in total. The Balaban J connectivity index is 1.84. The van der Waals surface area contributed by atoms with Gasteiger partial charge in [0.25, 0.3) is 5.89 Å². The molecule has 3 aromatic rings. The molecule has 0 unspecified atom stereocenters. The van der Waals surface area contributed by atoms with E-state index in [1.54, 1.807) is 24.3 Å². The normalized spacial score (nSPS) is 10.6. The minimum Gasteiger partial charge on any atom is -0.508 e. The maximum atomic E-state index is 9.23. The van der Waals surface area contributed by atoms with Gasteiger partial charge >= 0.3 is 0 Å². The van der Waals surface area contributed by atoms with E-state index in [1.165, 1.54) is 12.4 Å². The summed E-state index contributed by atoms with van der Waals surface area (Å²) in [5.74, 6) is 1.21. The van der Waals surface area contributed by atoms with Crippen molar-refractivity contribution in [1.82, 2.24) is 20.1 Å².